The molecule has 2 amide bonds. The predicted molar refractivity (Wildman–Crippen MR) is 63.4 cm³/mol. The van der Waals surface area contributed by atoms with Crippen molar-refractivity contribution in [2.75, 3.05) is 33.2 Å². The summed E-state index contributed by atoms with van der Waals surface area (Å²) in [5, 5.41) is 12.8. The van der Waals surface area contributed by atoms with E-state index in [1.807, 2.05) is 13.8 Å². The summed E-state index contributed by atoms with van der Waals surface area (Å²) in [7, 11) is 1.61. The second kappa shape index (κ2) is 5.97. The Morgan fingerprint density at radius 1 is 1.29 bits per heavy atom. The second-order valence-corrected chi connectivity index (χ2v) is 4.74. The van der Waals surface area contributed by atoms with Gasteiger partial charge in [-0.1, -0.05) is 13.8 Å². The molecule has 1 heterocycles. The minimum Gasteiger partial charge on any atom is -0.390 e. The summed E-state index contributed by atoms with van der Waals surface area (Å²) in [5.41, 5.74) is 0. The molecule has 0 aromatic rings. The number of aliphatic hydroxyl groups is 1. The van der Waals surface area contributed by atoms with Gasteiger partial charge in [0.15, 0.2) is 0 Å². The van der Waals surface area contributed by atoms with Crippen molar-refractivity contribution >= 4 is 11.8 Å². The normalized spacial score (nSPS) is 19.1. The van der Waals surface area contributed by atoms with Crippen LogP contribution in [0, 0.1) is 0 Å². The molecule has 0 spiro atoms. The molecule has 6 nitrogen and oxygen atoms in total. The molecule has 1 atom stereocenters. The van der Waals surface area contributed by atoms with Crippen molar-refractivity contribution in [1.29, 1.82) is 0 Å². The van der Waals surface area contributed by atoms with Gasteiger partial charge >= 0.3 is 0 Å². The first kappa shape index (κ1) is 13.9. The second-order valence-electron chi connectivity index (χ2n) is 4.74. The smallest absolute Gasteiger partial charge is 0.242 e. The third kappa shape index (κ3) is 4.32. The van der Waals surface area contributed by atoms with E-state index in [0.29, 0.717) is 6.54 Å². The van der Waals surface area contributed by atoms with Gasteiger partial charge in [0, 0.05) is 26.2 Å². The van der Waals surface area contributed by atoms with E-state index < -0.39 is 6.10 Å². The topological polar surface area (TPSA) is 72.9 Å². The number of carbonyl (C=O) groups is 2. The van der Waals surface area contributed by atoms with Gasteiger partial charge in [0.05, 0.1) is 19.2 Å². The van der Waals surface area contributed by atoms with Crippen LogP contribution in [0.2, 0.25) is 0 Å². The number of β-amino-alcohol motifs (C(OH)–C–C–N with tert-alkyl or cyclic N) is 1. The quantitative estimate of drug-likeness (QED) is 0.626. The number of amides is 2. The molecule has 17 heavy (non-hydrogen) atoms. The van der Waals surface area contributed by atoms with Crippen LogP contribution in [0.3, 0.4) is 0 Å². The summed E-state index contributed by atoms with van der Waals surface area (Å²) in [6, 6.07) is 0.287. The number of aliphatic hydroxyl groups excluding tert-OH is 1. The Balaban J connectivity index is 2.40. The van der Waals surface area contributed by atoms with Crippen LogP contribution in [0.5, 0.6) is 0 Å². The molecule has 2 N–H and O–H groups in total. The maximum atomic E-state index is 11.6. The first-order chi connectivity index (χ1) is 7.90. The van der Waals surface area contributed by atoms with Gasteiger partial charge in [-0.3, -0.25) is 9.59 Å². The van der Waals surface area contributed by atoms with E-state index in [-0.39, 0.29) is 37.5 Å². The van der Waals surface area contributed by atoms with Crippen LogP contribution in [0.4, 0.5) is 0 Å². The summed E-state index contributed by atoms with van der Waals surface area (Å²) in [4.78, 5) is 25.9. The molecule has 0 aromatic heterocycles. The highest BCUT2D eigenvalue weighted by Gasteiger charge is 2.28. The Hall–Kier alpha value is -1.14. The number of likely N-dealkylation sites (N-methyl/N-ethyl adjacent to an activating group) is 1. The van der Waals surface area contributed by atoms with E-state index in [1.165, 1.54) is 9.80 Å². The maximum Gasteiger partial charge on any atom is 0.242 e. The van der Waals surface area contributed by atoms with Crippen molar-refractivity contribution in [2.45, 2.75) is 26.0 Å². The molecule has 0 saturated carbocycles. The van der Waals surface area contributed by atoms with Gasteiger partial charge in [0.1, 0.15) is 0 Å². The highest BCUT2D eigenvalue weighted by Crippen LogP contribution is 2.03. The average molecular weight is 243 g/mol. The van der Waals surface area contributed by atoms with Gasteiger partial charge < -0.3 is 20.2 Å². The van der Waals surface area contributed by atoms with Crippen LogP contribution >= 0.6 is 0 Å². The number of nitrogens with zero attached hydrogens (tertiary/aromatic N) is 2. The maximum absolute atomic E-state index is 11.6. The van der Waals surface area contributed by atoms with Crippen LogP contribution < -0.4 is 5.32 Å². The zero-order valence-corrected chi connectivity index (χ0v) is 10.6. The molecule has 98 valence electrons. The standard InChI is InChI=1S/C11H21N3O3/c1-8(2)12-4-9(15)5-14-7-10(16)13(3)6-11(14)17/h8-9,12,15H,4-7H2,1-3H3. The Morgan fingerprint density at radius 2 is 1.94 bits per heavy atom. The van der Waals surface area contributed by atoms with Crippen molar-refractivity contribution < 1.29 is 14.7 Å². The molecule has 6 heteroatoms. The SMILES string of the molecule is CC(C)NCC(O)CN1CC(=O)N(C)CC1=O. The van der Waals surface area contributed by atoms with Crippen molar-refractivity contribution in [1.82, 2.24) is 15.1 Å². The van der Waals surface area contributed by atoms with Crippen LogP contribution in [0.1, 0.15) is 13.8 Å². The molecule has 0 bridgehead atoms. The average Bonchev–Trinajstić information content (AvgIpc) is 2.23. The lowest BCUT2D eigenvalue weighted by Crippen LogP contribution is -2.54. The van der Waals surface area contributed by atoms with E-state index in [2.05, 4.69) is 5.32 Å². The van der Waals surface area contributed by atoms with E-state index in [1.54, 1.807) is 7.05 Å². The first-order valence-electron chi connectivity index (χ1n) is 5.83. The Bertz CT molecular complexity index is 294. The fourth-order valence-electron chi connectivity index (χ4n) is 1.62. The minimum atomic E-state index is -0.641. The summed E-state index contributed by atoms with van der Waals surface area (Å²) in [5.74, 6) is -0.204. The van der Waals surface area contributed by atoms with Crippen molar-refractivity contribution in [2.24, 2.45) is 0 Å². The Labute approximate surface area is 102 Å². The fraction of sp³-hybridized carbons (Fsp3) is 0.818. The minimum absolute atomic E-state index is 0.0636. The van der Waals surface area contributed by atoms with E-state index >= 15 is 0 Å². The molecule has 0 aromatic carbocycles. The summed E-state index contributed by atoms with van der Waals surface area (Å²) in [6.07, 6.45) is -0.641. The first-order valence-corrected chi connectivity index (χ1v) is 5.83. The lowest BCUT2D eigenvalue weighted by atomic mass is 10.2. The van der Waals surface area contributed by atoms with Gasteiger partial charge in [-0.05, 0) is 0 Å². The third-order valence-electron chi connectivity index (χ3n) is 2.67. The molecule has 0 radical (unpaired) electrons. The largest absolute Gasteiger partial charge is 0.390 e. The number of piperazine rings is 1. The fourth-order valence-corrected chi connectivity index (χ4v) is 1.62. The molecule has 1 fully saturated rings. The number of carbonyl (C=O) groups excluding carboxylic acids is 2. The molecule has 1 aliphatic heterocycles. The molecule has 1 saturated heterocycles. The van der Waals surface area contributed by atoms with E-state index in [4.69, 9.17) is 0 Å². The number of hydrogen-bond acceptors (Lipinski definition) is 4. The van der Waals surface area contributed by atoms with Crippen molar-refractivity contribution in [3.8, 4) is 0 Å². The molecular weight excluding hydrogens is 222 g/mol. The lowest BCUT2D eigenvalue weighted by molar-refractivity contribution is -0.149. The molecule has 0 aliphatic carbocycles. The predicted octanol–water partition coefficient (Wildman–Crippen LogP) is -1.35. The Kier molecular flexibility index (Phi) is 4.89. The Morgan fingerprint density at radius 3 is 2.53 bits per heavy atom. The van der Waals surface area contributed by atoms with Crippen LogP contribution in [0.25, 0.3) is 0 Å². The summed E-state index contributed by atoms with van der Waals surface area (Å²) < 4.78 is 0. The lowest BCUT2D eigenvalue weighted by Gasteiger charge is -2.33. The number of hydrogen-bond donors (Lipinski definition) is 2. The van der Waals surface area contributed by atoms with Crippen molar-refractivity contribution in [3.05, 3.63) is 0 Å². The summed E-state index contributed by atoms with van der Waals surface area (Å²) >= 11 is 0. The van der Waals surface area contributed by atoms with Crippen LogP contribution in [0.15, 0.2) is 0 Å². The highest BCUT2D eigenvalue weighted by molar-refractivity contribution is 5.92. The van der Waals surface area contributed by atoms with Gasteiger partial charge in [-0.15, -0.1) is 0 Å². The van der Waals surface area contributed by atoms with Gasteiger partial charge in [-0.25, -0.2) is 0 Å². The van der Waals surface area contributed by atoms with E-state index in [9.17, 15) is 14.7 Å². The highest BCUT2D eigenvalue weighted by atomic mass is 16.3. The summed E-state index contributed by atoms with van der Waals surface area (Å²) in [6.45, 7) is 4.76. The monoisotopic (exact) mass is 243 g/mol. The third-order valence-corrected chi connectivity index (χ3v) is 2.67. The molecular formula is C11H21N3O3. The van der Waals surface area contributed by atoms with E-state index in [0.717, 1.165) is 0 Å². The van der Waals surface area contributed by atoms with Crippen LogP contribution in [-0.4, -0.2) is 72.1 Å². The zero-order chi connectivity index (χ0) is 13.0. The number of rotatable bonds is 5. The van der Waals surface area contributed by atoms with Gasteiger partial charge in [-0.2, -0.15) is 0 Å². The van der Waals surface area contributed by atoms with Crippen LogP contribution in [-0.2, 0) is 9.59 Å². The molecule has 1 rings (SSSR count). The van der Waals surface area contributed by atoms with Crippen molar-refractivity contribution in [3.63, 3.8) is 0 Å². The molecule has 1 aliphatic rings. The van der Waals surface area contributed by atoms with Gasteiger partial charge in [0.25, 0.3) is 0 Å². The number of nitrogens with one attached hydrogen (secondary N) is 1. The van der Waals surface area contributed by atoms with Gasteiger partial charge in [0.2, 0.25) is 11.8 Å². The molecule has 1 unspecified atom stereocenters. The zero-order valence-electron chi connectivity index (χ0n) is 10.6.